The summed E-state index contributed by atoms with van der Waals surface area (Å²) in [5, 5.41) is 0. The molecule has 0 aromatic rings. The van der Waals surface area contributed by atoms with Crippen molar-refractivity contribution in [3.63, 3.8) is 0 Å². The van der Waals surface area contributed by atoms with Gasteiger partial charge in [-0.25, -0.2) is 0 Å². The maximum absolute atomic E-state index is 11.4. The predicted octanol–water partition coefficient (Wildman–Crippen LogP) is -1.37. The van der Waals surface area contributed by atoms with E-state index in [4.69, 9.17) is 5.73 Å². The highest BCUT2D eigenvalue weighted by Crippen LogP contribution is 2.02. The van der Waals surface area contributed by atoms with Crippen LogP contribution < -0.4 is 5.73 Å². The maximum atomic E-state index is 11.4. The third-order valence-electron chi connectivity index (χ3n) is 2.03. The lowest BCUT2D eigenvalue weighted by atomic mass is 10.2. The molecule has 1 rings (SSSR count). The van der Waals surface area contributed by atoms with E-state index in [2.05, 4.69) is 0 Å². The van der Waals surface area contributed by atoms with E-state index in [1.165, 1.54) is 9.80 Å². The van der Waals surface area contributed by atoms with Crippen LogP contribution in [0.1, 0.15) is 6.92 Å². The zero-order chi connectivity index (χ0) is 10.0. The SMILES string of the molecule is CC(N)CN1CCN(C)C(=O)C1=O. The second kappa shape index (κ2) is 3.74. The van der Waals surface area contributed by atoms with Crippen molar-refractivity contribution < 1.29 is 9.59 Å². The van der Waals surface area contributed by atoms with Gasteiger partial charge in [-0.15, -0.1) is 0 Å². The molecule has 1 aliphatic rings. The summed E-state index contributed by atoms with van der Waals surface area (Å²) in [4.78, 5) is 25.5. The molecule has 0 radical (unpaired) electrons. The molecule has 1 aliphatic heterocycles. The zero-order valence-corrected chi connectivity index (χ0v) is 7.99. The highest BCUT2D eigenvalue weighted by Gasteiger charge is 2.30. The molecule has 1 fully saturated rings. The average Bonchev–Trinajstić information content (AvgIpc) is 2.06. The minimum absolute atomic E-state index is 0.0832. The van der Waals surface area contributed by atoms with Gasteiger partial charge in [0.05, 0.1) is 0 Å². The van der Waals surface area contributed by atoms with Crippen molar-refractivity contribution in [1.82, 2.24) is 9.80 Å². The summed E-state index contributed by atoms with van der Waals surface area (Å²) in [6.45, 7) is 3.45. The van der Waals surface area contributed by atoms with Crippen molar-refractivity contribution in [3.05, 3.63) is 0 Å². The summed E-state index contributed by atoms with van der Waals surface area (Å²) in [7, 11) is 1.63. The van der Waals surface area contributed by atoms with Crippen LogP contribution in [0.4, 0.5) is 0 Å². The fourth-order valence-corrected chi connectivity index (χ4v) is 1.29. The summed E-state index contributed by atoms with van der Waals surface area (Å²) < 4.78 is 0. The molecule has 2 amide bonds. The first-order chi connectivity index (χ1) is 6.02. The fourth-order valence-electron chi connectivity index (χ4n) is 1.29. The molecular formula is C8H15N3O2. The number of nitrogens with zero attached hydrogens (tertiary/aromatic N) is 2. The number of piperazine rings is 1. The molecule has 13 heavy (non-hydrogen) atoms. The highest BCUT2D eigenvalue weighted by molar-refractivity contribution is 6.35. The number of rotatable bonds is 2. The average molecular weight is 185 g/mol. The van der Waals surface area contributed by atoms with Crippen molar-refractivity contribution in [1.29, 1.82) is 0 Å². The van der Waals surface area contributed by atoms with Crippen LogP contribution >= 0.6 is 0 Å². The van der Waals surface area contributed by atoms with E-state index in [0.717, 1.165) is 0 Å². The number of likely N-dealkylation sites (N-methyl/N-ethyl adjacent to an activating group) is 1. The number of amides is 2. The first kappa shape index (κ1) is 9.98. The summed E-state index contributed by atoms with van der Waals surface area (Å²) in [5.74, 6) is -0.877. The first-order valence-corrected chi connectivity index (χ1v) is 4.32. The van der Waals surface area contributed by atoms with Gasteiger partial charge >= 0.3 is 11.8 Å². The Bertz CT molecular complexity index is 227. The van der Waals surface area contributed by atoms with Crippen LogP contribution in [-0.4, -0.2) is 54.3 Å². The van der Waals surface area contributed by atoms with E-state index in [9.17, 15) is 9.59 Å². The molecule has 0 aliphatic carbocycles. The van der Waals surface area contributed by atoms with E-state index >= 15 is 0 Å². The van der Waals surface area contributed by atoms with Crippen molar-refractivity contribution in [2.75, 3.05) is 26.7 Å². The molecule has 1 unspecified atom stereocenters. The molecule has 1 atom stereocenters. The number of carbonyl (C=O) groups excluding carboxylic acids is 2. The lowest BCUT2D eigenvalue weighted by molar-refractivity contribution is -0.155. The number of carbonyl (C=O) groups is 2. The Hall–Kier alpha value is -1.10. The van der Waals surface area contributed by atoms with E-state index in [-0.39, 0.29) is 6.04 Å². The first-order valence-electron chi connectivity index (χ1n) is 4.32. The van der Waals surface area contributed by atoms with E-state index in [1.807, 2.05) is 6.92 Å². The second-order valence-electron chi connectivity index (χ2n) is 3.46. The van der Waals surface area contributed by atoms with Gasteiger partial charge in [-0.05, 0) is 6.92 Å². The van der Waals surface area contributed by atoms with Crippen molar-refractivity contribution in [2.24, 2.45) is 5.73 Å². The van der Waals surface area contributed by atoms with Gasteiger partial charge in [0.25, 0.3) is 0 Å². The van der Waals surface area contributed by atoms with Gasteiger partial charge in [0, 0.05) is 32.7 Å². The molecule has 1 saturated heterocycles. The molecule has 2 N–H and O–H groups in total. The summed E-state index contributed by atoms with van der Waals surface area (Å²) in [5.41, 5.74) is 5.55. The monoisotopic (exact) mass is 185 g/mol. The molecule has 5 heteroatoms. The zero-order valence-electron chi connectivity index (χ0n) is 7.99. The van der Waals surface area contributed by atoms with E-state index < -0.39 is 11.8 Å². The van der Waals surface area contributed by atoms with Crippen LogP contribution in [0.5, 0.6) is 0 Å². The Balaban J connectivity index is 2.59. The van der Waals surface area contributed by atoms with Gasteiger partial charge in [-0.2, -0.15) is 0 Å². The van der Waals surface area contributed by atoms with Crippen molar-refractivity contribution >= 4 is 11.8 Å². The standard InChI is InChI=1S/C8H15N3O2/c1-6(9)5-11-4-3-10(2)7(12)8(11)13/h6H,3-5,9H2,1-2H3. The van der Waals surface area contributed by atoms with Gasteiger partial charge < -0.3 is 15.5 Å². The van der Waals surface area contributed by atoms with Crippen LogP contribution in [0.3, 0.4) is 0 Å². The van der Waals surface area contributed by atoms with Gasteiger partial charge in [0.2, 0.25) is 0 Å². The van der Waals surface area contributed by atoms with E-state index in [1.54, 1.807) is 7.05 Å². The Kier molecular flexibility index (Phi) is 2.87. The molecule has 0 aromatic carbocycles. The Morgan fingerprint density at radius 1 is 1.38 bits per heavy atom. The normalized spacial score (nSPS) is 20.8. The predicted molar refractivity (Wildman–Crippen MR) is 47.9 cm³/mol. The molecule has 5 nitrogen and oxygen atoms in total. The summed E-state index contributed by atoms with van der Waals surface area (Å²) in [6, 6.07) is -0.0832. The topological polar surface area (TPSA) is 66.6 Å². The molecule has 0 bridgehead atoms. The van der Waals surface area contributed by atoms with Gasteiger partial charge in [0.1, 0.15) is 0 Å². The Labute approximate surface area is 77.5 Å². The molecule has 1 heterocycles. The Morgan fingerprint density at radius 3 is 2.54 bits per heavy atom. The third-order valence-corrected chi connectivity index (χ3v) is 2.03. The minimum atomic E-state index is -0.439. The maximum Gasteiger partial charge on any atom is 0.312 e. The van der Waals surface area contributed by atoms with Crippen LogP contribution in [-0.2, 0) is 9.59 Å². The van der Waals surface area contributed by atoms with Crippen LogP contribution in [0.25, 0.3) is 0 Å². The molecule has 0 aromatic heterocycles. The second-order valence-corrected chi connectivity index (χ2v) is 3.46. The number of hydrogen-bond donors (Lipinski definition) is 1. The van der Waals surface area contributed by atoms with Crippen molar-refractivity contribution in [2.45, 2.75) is 13.0 Å². The molecule has 0 saturated carbocycles. The minimum Gasteiger partial charge on any atom is -0.336 e. The van der Waals surface area contributed by atoms with Gasteiger partial charge in [0.15, 0.2) is 0 Å². The lowest BCUT2D eigenvalue weighted by Crippen LogP contribution is -2.55. The van der Waals surface area contributed by atoms with Crippen LogP contribution in [0.15, 0.2) is 0 Å². The van der Waals surface area contributed by atoms with E-state index in [0.29, 0.717) is 19.6 Å². The smallest absolute Gasteiger partial charge is 0.312 e. The highest BCUT2D eigenvalue weighted by atomic mass is 16.2. The number of hydrogen-bond acceptors (Lipinski definition) is 3. The van der Waals surface area contributed by atoms with Crippen molar-refractivity contribution in [3.8, 4) is 0 Å². The Morgan fingerprint density at radius 2 is 2.00 bits per heavy atom. The molecule has 0 spiro atoms. The fraction of sp³-hybridized carbons (Fsp3) is 0.750. The van der Waals surface area contributed by atoms with Crippen LogP contribution in [0, 0.1) is 0 Å². The van der Waals surface area contributed by atoms with Gasteiger partial charge in [-0.3, -0.25) is 9.59 Å². The summed E-state index contributed by atoms with van der Waals surface area (Å²) in [6.07, 6.45) is 0. The third kappa shape index (κ3) is 2.18. The summed E-state index contributed by atoms with van der Waals surface area (Å²) >= 11 is 0. The molecule has 74 valence electrons. The lowest BCUT2D eigenvalue weighted by Gasteiger charge is -2.32. The number of nitrogens with two attached hydrogens (primary N) is 1. The molecular weight excluding hydrogens is 170 g/mol. The largest absolute Gasteiger partial charge is 0.336 e. The van der Waals surface area contributed by atoms with Crippen LogP contribution in [0.2, 0.25) is 0 Å². The quantitative estimate of drug-likeness (QED) is 0.540. The van der Waals surface area contributed by atoms with Gasteiger partial charge in [-0.1, -0.05) is 0 Å².